The van der Waals surface area contributed by atoms with E-state index in [4.69, 9.17) is 23.2 Å². The van der Waals surface area contributed by atoms with Gasteiger partial charge in [-0.25, -0.2) is 5.01 Å². The van der Waals surface area contributed by atoms with Crippen molar-refractivity contribution in [3.05, 3.63) is 73.8 Å². The van der Waals surface area contributed by atoms with Crippen LogP contribution in [0.15, 0.2) is 48.0 Å². The summed E-state index contributed by atoms with van der Waals surface area (Å²) in [5.41, 5.74) is 2.66. The molecule has 1 saturated heterocycles. The first-order valence-electron chi connectivity index (χ1n) is 6.93. The largest absolute Gasteiger partial charge is 0.288 e. The van der Waals surface area contributed by atoms with Crippen molar-refractivity contribution in [3.63, 3.8) is 0 Å². The first-order chi connectivity index (χ1) is 11.9. The monoisotopic (exact) mass is 377 g/mol. The molecule has 1 heterocycles. The van der Waals surface area contributed by atoms with Gasteiger partial charge in [0.15, 0.2) is 0 Å². The third kappa shape index (κ3) is 3.33. The van der Waals surface area contributed by atoms with E-state index in [0.29, 0.717) is 16.3 Å². The quantitative estimate of drug-likeness (QED) is 0.384. The van der Waals surface area contributed by atoms with Crippen molar-refractivity contribution in [2.45, 2.75) is 0 Å². The van der Waals surface area contributed by atoms with Crippen LogP contribution in [0.25, 0.3) is 6.08 Å². The van der Waals surface area contributed by atoms with E-state index in [0.717, 1.165) is 5.01 Å². The van der Waals surface area contributed by atoms with Crippen LogP contribution in [-0.2, 0) is 9.59 Å². The molecule has 0 bridgehead atoms. The van der Waals surface area contributed by atoms with Gasteiger partial charge in [0, 0.05) is 11.1 Å². The van der Waals surface area contributed by atoms with Crippen molar-refractivity contribution in [1.29, 1.82) is 0 Å². The summed E-state index contributed by atoms with van der Waals surface area (Å²) in [7, 11) is 0. The number of nitro benzene ring substituents is 1. The van der Waals surface area contributed by atoms with E-state index in [1.54, 1.807) is 18.2 Å². The second-order valence-electron chi connectivity index (χ2n) is 5.09. The normalized spacial score (nSPS) is 15.6. The van der Waals surface area contributed by atoms with Crippen LogP contribution in [0.1, 0.15) is 5.56 Å². The van der Waals surface area contributed by atoms with E-state index in [-0.39, 0.29) is 16.3 Å². The van der Waals surface area contributed by atoms with Crippen molar-refractivity contribution in [3.8, 4) is 0 Å². The molecule has 0 unspecified atom stereocenters. The number of anilines is 1. The Morgan fingerprint density at radius 2 is 1.88 bits per heavy atom. The van der Waals surface area contributed by atoms with E-state index >= 15 is 0 Å². The third-order valence-electron chi connectivity index (χ3n) is 3.44. The molecule has 1 N–H and O–H groups in total. The van der Waals surface area contributed by atoms with Crippen LogP contribution < -0.4 is 10.4 Å². The van der Waals surface area contributed by atoms with E-state index in [9.17, 15) is 19.7 Å². The fourth-order valence-electron chi connectivity index (χ4n) is 2.28. The SMILES string of the molecule is O=C1NN(c2cccc(Cl)c2)C(=O)/C1=C\c1ccc(Cl)c([N+](=O)[O-])c1. The summed E-state index contributed by atoms with van der Waals surface area (Å²) in [6.45, 7) is 0. The van der Waals surface area contributed by atoms with Crippen LogP contribution in [-0.4, -0.2) is 16.7 Å². The molecule has 1 fully saturated rings. The number of carbonyl (C=O) groups excluding carboxylic acids is 2. The zero-order chi connectivity index (χ0) is 18.1. The van der Waals surface area contributed by atoms with Gasteiger partial charge in [0.25, 0.3) is 17.5 Å². The number of carbonyl (C=O) groups is 2. The maximum atomic E-state index is 12.5. The molecule has 2 aromatic carbocycles. The fraction of sp³-hybridized carbons (Fsp3) is 0. The van der Waals surface area contributed by atoms with Gasteiger partial charge in [-0.3, -0.25) is 25.1 Å². The molecule has 25 heavy (non-hydrogen) atoms. The Morgan fingerprint density at radius 3 is 2.56 bits per heavy atom. The van der Waals surface area contributed by atoms with Crippen molar-refractivity contribution >= 4 is 52.5 Å². The van der Waals surface area contributed by atoms with E-state index in [2.05, 4.69) is 5.43 Å². The summed E-state index contributed by atoms with van der Waals surface area (Å²) in [6.07, 6.45) is 1.27. The molecule has 9 heteroatoms. The minimum Gasteiger partial charge on any atom is -0.267 e. The average Bonchev–Trinajstić information content (AvgIpc) is 2.84. The first-order valence-corrected chi connectivity index (χ1v) is 7.69. The van der Waals surface area contributed by atoms with Crippen molar-refractivity contribution in [1.82, 2.24) is 5.43 Å². The number of benzene rings is 2. The lowest BCUT2D eigenvalue weighted by Gasteiger charge is -2.14. The standard InChI is InChI=1S/C16H9Cl2N3O4/c17-10-2-1-3-11(8-10)20-16(23)12(15(22)19-20)6-9-4-5-13(18)14(7-9)21(24)25/h1-8H,(H,19,22)/b12-6-. The van der Waals surface area contributed by atoms with Gasteiger partial charge in [0.2, 0.25) is 0 Å². The molecule has 0 atom stereocenters. The summed E-state index contributed by atoms with van der Waals surface area (Å²) in [5.74, 6) is -1.22. The molecule has 126 valence electrons. The zero-order valence-electron chi connectivity index (χ0n) is 12.4. The lowest BCUT2D eigenvalue weighted by molar-refractivity contribution is -0.384. The van der Waals surface area contributed by atoms with Crippen LogP contribution in [0.4, 0.5) is 11.4 Å². The lowest BCUT2D eigenvalue weighted by atomic mass is 10.1. The lowest BCUT2D eigenvalue weighted by Crippen LogP contribution is -2.35. The van der Waals surface area contributed by atoms with Gasteiger partial charge in [0.1, 0.15) is 10.6 Å². The number of hydrazine groups is 1. The smallest absolute Gasteiger partial charge is 0.267 e. The Labute approximate surface area is 151 Å². The molecule has 3 rings (SSSR count). The molecule has 2 amide bonds. The molecule has 2 aromatic rings. The highest BCUT2D eigenvalue weighted by Gasteiger charge is 2.34. The highest BCUT2D eigenvalue weighted by atomic mass is 35.5. The minimum atomic E-state index is -0.640. The molecule has 0 radical (unpaired) electrons. The molecule has 0 aromatic heterocycles. The molecular formula is C16H9Cl2N3O4. The van der Waals surface area contributed by atoms with Gasteiger partial charge in [-0.15, -0.1) is 0 Å². The first kappa shape index (κ1) is 16.9. The van der Waals surface area contributed by atoms with Crippen LogP contribution in [0, 0.1) is 10.1 Å². The summed E-state index contributed by atoms with van der Waals surface area (Å²) >= 11 is 11.6. The Bertz CT molecular complexity index is 943. The number of halogens is 2. The number of hydrogen-bond donors (Lipinski definition) is 1. The predicted molar refractivity (Wildman–Crippen MR) is 93.2 cm³/mol. The number of amides is 2. The van der Waals surface area contributed by atoms with E-state index in [1.807, 2.05) is 0 Å². The number of nitro groups is 1. The molecule has 0 aliphatic carbocycles. The second-order valence-corrected chi connectivity index (χ2v) is 5.93. The van der Waals surface area contributed by atoms with Gasteiger partial charge in [-0.1, -0.05) is 35.3 Å². The summed E-state index contributed by atoms with van der Waals surface area (Å²) in [5, 5.41) is 12.4. The molecule has 0 spiro atoms. The van der Waals surface area contributed by atoms with E-state index < -0.39 is 16.7 Å². The predicted octanol–water partition coefficient (Wildman–Crippen LogP) is 3.36. The summed E-state index contributed by atoms with van der Waals surface area (Å²) in [6, 6.07) is 10.4. The Balaban J connectivity index is 1.97. The van der Waals surface area contributed by atoms with Crippen molar-refractivity contribution < 1.29 is 14.5 Å². The Kier molecular flexibility index (Phi) is 4.43. The highest BCUT2D eigenvalue weighted by Crippen LogP contribution is 2.28. The van der Waals surface area contributed by atoms with Gasteiger partial charge in [-0.05, 0) is 35.9 Å². The van der Waals surface area contributed by atoms with Crippen LogP contribution >= 0.6 is 23.2 Å². The van der Waals surface area contributed by atoms with Crippen molar-refractivity contribution in [2.24, 2.45) is 0 Å². The van der Waals surface area contributed by atoms with Crippen LogP contribution in [0.2, 0.25) is 10.0 Å². The minimum absolute atomic E-state index is 0.0325. The highest BCUT2D eigenvalue weighted by molar-refractivity contribution is 6.33. The van der Waals surface area contributed by atoms with Crippen LogP contribution in [0.3, 0.4) is 0 Å². The molecular weight excluding hydrogens is 369 g/mol. The average molecular weight is 378 g/mol. The third-order valence-corrected chi connectivity index (χ3v) is 3.99. The molecule has 1 aliphatic heterocycles. The van der Waals surface area contributed by atoms with Gasteiger partial charge < -0.3 is 0 Å². The molecule has 7 nitrogen and oxygen atoms in total. The summed E-state index contributed by atoms with van der Waals surface area (Å²) in [4.78, 5) is 34.9. The maximum absolute atomic E-state index is 12.5. The maximum Gasteiger partial charge on any atom is 0.288 e. The second kappa shape index (κ2) is 6.54. The number of hydrogen-bond acceptors (Lipinski definition) is 4. The molecule has 0 saturated carbocycles. The summed E-state index contributed by atoms with van der Waals surface area (Å²) < 4.78 is 0. The number of nitrogens with one attached hydrogen (secondary N) is 1. The number of rotatable bonds is 3. The van der Waals surface area contributed by atoms with Gasteiger partial charge >= 0.3 is 0 Å². The molecule has 1 aliphatic rings. The number of nitrogens with zero attached hydrogens (tertiary/aromatic N) is 2. The van der Waals surface area contributed by atoms with Crippen LogP contribution in [0.5, 0.6) is 0 Å². The van der Waals surface area contributed by atoms with Gasteiger partial charge in [-0.2, -0.15) is 0 Å². The van der Waals surface area contributed by atoms with Crippen molar-refractivity contribution in [2.75, 3.05) is 5.01 Å². The van der Waals surface area contributed by atoms with Gasteiger partial charge in [0.05, 0.1) is 10.6 Å². The van der Waals surface area contributed by atoms with E-state index in [1.165, 1.54) is 30.3 Å². The Hall–Kier alpha value is -2.90. The Morgan fingerprint density at radius 1 is 1.12 bits per heavy atom. The zero-order valence-corrected chi connectivity index (χ0v) is 13.9. The fourth-order valence-corrected chi connectivity index (χ4v) is 2.65. The topological polar surface area (TPSA) is 92.6 Å².